The van der Waals surface area contributed by atoms with Gasteiger partial charge in [0, 0.05) is 0 Å². The van der Waals surface area contributed by atoms with E-state index in [4.69, 9.17) is 0 Å². The number of allylic oxidation sites excluding steroid dienone is 9. The van der Waals surface area contributed by atoms with Gasteiger partial charge < -0.3 is 0 Å². The monoisotopic (exact) mass is 394 g/mol. The lowest BCUT2D eigenvalue weighted by Crippen LogP contribution is -2.27. The number of hydrogen-bond donors (Lipinski definition) is 0. The van der Waals surface area contributed by atoms with Crippen molar-refractivity contribution in [2.45, 2.75) is 40.0 Å². The molecule has 4 rings (SSSR count). The maximum Gasteiger partial charge on any atom is 0.0725 e. The lowest BCUT2D eigenvalue weighted by Gasteiger charge is -2.32. The lowest BCUT2D eigenvalue weighted by molar-refractivity contribution is 0.780. The van der Waals surface area contributed by atoms with Crippen LogP contribution in [0.3, 0.4) is 0 Å². The molecular formula is C30H34. The van der Waals surface area contributed by atoms with Crippen LogP contribution >= 0.6 is 0 Å². The van der Waals surface area contributed by atoms with Gasteiger partial charge in [0.2, 0.25) is 0 Å². The van der Waals surface area contributed by atoms with Crippen LogP contribution in [-0.4, -0.2) is 0 Å². The Morgan fingerprint density at radius 3 is 1.47 bits per heavy atom. The molecule has 30 heavy (non-hydrogen) atoms. The molecule has 0 atom stereocenters. The molecule has 0 heterocycles. The molecule has 0 aliphatic heterocycles. The highest BCUT2D eigenvalue weighted by Crippen LogP contribution is 2.61. The van der Waals surface area contributed by atoms with E-state index < -0.39 is 0 Å². The molecule has 2 aliphatic carbocycles. The van der Waals surface area contributed by atoms with Gasteiger partial charge in [-0.3, -0.25) is 0 Å². The van der Waals surface area contributed by atoms with Crippen molar-refractivity contribution in [1.29, 1.82) is 0 Å². The van der Waals surface area contributed by atoms with E-state index in [1.807, 2.05) is 52.8 Å². The van der Waals surface area contributed by atoms with E-state index >= 15 is 0 Å². The van der Waals surface area contributed by atoms with Crippen molar-refractivity contribution in [1.82, 2.24) is 0 Å². The van der Waals surface area contributed by atoms with Crippen molar-refractivity contribution >= 4 is 0 Å². The quantitative estimate of drug-likeness (QED) is 0.486. The second-order valence-electron chi connectivity index (χ2n) is 6.61. The van der Waals surface area contributed by atoms with Crippen LogP contribution in [0, 0.1) is 0 Å². The van der Waals surface area contributed by atoms with E-state index in [2.05, 4.69) is 80.4 Å². The highest BCUT2D eigenvalue weighted by atomic mass is 14.5. The molecule has 0 aromatic heterocycles. The van der Waals surface area contributed by atoms with Crippen molar-refractivity contribution in [3.63, 3.8) is 0 Å². The summed E-state index contributed by atoms with van der Waals surface area (Å²) >= 11 is 0. The van der Waals surface area contributed by atoms with E-state index in [0.29, 0.717) is 0 Å². The third-order valence-corrected chi connectivity index (χ3v) is 5.58. The summed E-state index contributed by atoms with van der Waals surface area (Å²) in [6.45, 7) is 22.5. The fourth-order valence-corrected chi connectivity index (χ4v) is 4.75. The molecular weight excluding hydrogens is 360 g/mol. The molecule has 0 nitrogen and oxygen atoms in total. The zero-order valence-electron chi connectivity index (χ0n) is 19.1. The van der Waals surface area contributed by atoms with Gasteiger partial charge in [0.05, 0.1) is 5.41 Å². The fourth-order valence-electron chi connectivity index (χ4n) is 4.75. The van der Waals surface area contributed by atoms with Gasteiger partial charge in [-0.25, -0.2) is 0 Å². The first kappa shape index (κ1) is 23.2. The Bertz CT molecular complexity index is 992. The minimum Gasteiger partial charge on any atom is -0.0987 e. The van der Waals surface area contributed by atoms with E-state index in [9.17, 15) is 0 Å². The van der Waals surface area contributed by atoms with Crippen LogP contribution in [0.15, 0.2) is 121 Å². The highest BCUT2D eigenvalue weighted by Gasteiger charge is 2.51. The van der Waals surface area contributed by atoms with E-state index in [0.717, 1.165) is 5.57 Å². The van der Waals surface area contributed by atoms with Gasteiger partial charge >= 0.3 is 0 Å². The number of fused-ring (bicyclic) bond motifs is 5. The largest absolute Gasteiger partial charge is 0.0987 e. The number of hydrogen-bond acceptors (Lipinski definition) is 0. The summed E-state index contributed by atoms with van der Waals surface area (Å²) in [5.74, 6) is 0. The van der Waals surface area contributed by atoms with E-state index in [-0.39, 0.29) is 5.41 Å². The molecule has 0 radical (unpaired) electrons. The minimum absolute atomic E-state index is 0.366. The molecule has 2 aliphatic rings. The Balaban J connectivity index is 0.000000757. The summed E-state index contributed by atoms with van der Waals surface area (Å²) in [7, 11) is 0. The third kappa shape index (κ3) is 3.08. The fraction of sp³-hybridized carbons (Fsp3) is 0.200. The summed E-state index contributed by atoms with van der Waals surface area (Å²) < 4.78 is 0. The van der Waals surface area contributed by atoms with Crippen molar-refractivity contribution in [2.75, 3.05) is 0 Å². The van der Waals surface area contributed by atoms with E-state index in [1.54, 1.807) is 0 Å². The molecule has 1 spiro atoms. The normalized spacial score (nSPS) is 15.1. The molecule has 0 bridgehead atoms. The number of rotatable bonds is 4. The predicted octanol–water partition coefficient (Wildman–Crippen LogP) is 8.75. The van der Waals surface area contributed by atoms with Crippen LogP contribution in [0.25, 0.3) is 11.1 Å². The first-order valence-corrected chi connectivity index (χ1v) is 10.9. The molecule has 0 heteroatoms. The maximum absolute atomic E-state index is 4.19. The Kier molecular flexibility index (Phi) is 7.78. The molecule has 154 valence electrons. The molecule has 0 amide bonds. The summed E-state index contributed by atoms with van der Waals surface area (Å²) in [5.41, 5.74) is 9.51. The Labute approximate surface area is 183 Å². The Hall–Kier alpha value is -3.12. The first-order valence-electron chi connectivity index (χ1n) is 10.9. The van der Waals surface area contributed by atoms with Crippen LogP contribution in [0.1, 0.15) is 45.7 Å². The predicted molar refractivity (Wildman–Crippen MR) is 135 cm³/mol. The van der Waals surface area contributed by atoms with Crippen molar-refractivity contribution in [3.05, 3.63) is 132 Å². The van der Waals surface area contributed by atoms with Crippen LogP contribution in [0.4, 0.5) is 0 Å². The summed E-state index contributed by atoms with van der Waals surface area (Å²) in [6.07, 6.45) is 10.2. The van der Waals surface area contributed by atoms with Crippen molar-refractivity contribution < 1.29 is 0 Å². The molecule has 0 saturated carbocycles. The zero-order valence-corrected chi connectivity index (χ0v) is 19.1. The molecule has 2 aromatic carbocycles. The Morgan fingerprint density at radius 2 is 1.07 bits per heavy atom. The van der Waals surface area contributed by atoms with Crippen LogP contribution in [0.2, 0.25) is 0 Å². The van der Waals surface area contributed by atoms with Gasteiger partial charge in [0.1, 0.15) is 0 Å². The standard InChI is InChI=1S/C26H22.2C2H6/c1-5-13-19-18(6-2)22(7-3)26(23(19)8-4)24-16-11-9-14-20(24)21-15-10-12-17-25(21)26;2*1-2/h5-17H,2-4H2,1H3;2*1-2H3/b13-5-;;. The average molecular weight is 395 g/mol. The van der Waals surface area contributed by atoms with Gasteiger partial charge in [-0.1, -0.05) is 126 Å². The molecule has 0 unspecified atom stereocenters. The van der Waals surface area contributed by atoms with Gasteiger partial charge in [0.25, 0.3) is 0 Å². The summed E-state index contributed by atoms with van der Waals surface area (Å²) in [5, 5.41) is 0. The van der Waals surface area contributed by atoms with E-state index in [1.165, 1.54) is 39.0 Å². The van der Waals surface area contributed by atoms with Crippen molar-refractivity contribution in [3.8, 4) is 11.1 Å². The Morgan fingerprint density at radius 1 is 0.633 bits per heavy atom. The van der Waals surface area contributed by atoms with Crippen LogP contribution < -0.4 is 0 Å². The van der Waals surface area contributed by atoms with Gasteiger partial charge in [-0.15, -0.1) is 0 Å². The summed E-state index contributed by atoms with van der Waals surface area (Å²) in [4.78, 5) is 0. The average Bonchev–Trinajstić information content (AvgIpc) is 3.27. The maximum atomic E-state index is 4.19. The lowest BCUT2D eigenvalue weighted by atomic mass is 9.68. The smallest absolute Gasteiger partial charge is 0.0725 e. The van der Waals surface area contributed by atoms with Crippen LogP contribution in [-0.2, 0) is 5.41 Å². The molecule has 2 aromatic rings. The molecule has 0 fully saturated rings. The zero-order chi connectivity index (χ0) is 22.3. The third-order valence-electron chi connectivity index (χ3n) is 5.58. The van der Waals surface area contributed by atoms with Gasteiger partial charge in [0.15, 0.2) is 0 Å². The molecule has 0 saturated heterocycles. The second-order valence-corrected chi connectivity index (χ2v) is 6.61. The van der Waals surface area contributed by atoms with Gasteiger partial charge in [-0.05, 0) is 51.5 Å². The topological polar surface area (TPSA) is 0 Å². The summed E-state index contributed by atoms with van der Waals surface area (Å²) in [6, 6.07) is 17.4. The first-order chi connectivity index (χ1) is 14.7. The number of benzene rings is 2. The van der Waals surface area contributed by atoms with Gasteiger partial charge in [-0.2, -0.15) is 0 Å². The SMILES string of the molecule is C=CC1=C(C=C)C2(C(C=C)=C1/C=C\C)c1ccccc1-c1ccccc12.CC.CC. The van der Waals surface area contributed by atoms with Crippen LogP contribution in [0.5, 0.6) is 0 Å². The molecule has 0 N–H and O–H groups in total. The minimum atomic E-state index is -0.366. The highest BCUT2D eigenvalue weighted by molar-refractivity contribution is 5.90. The van der Waals surface area contributed by atoms with Crippen molar-refractivity contribution in [2.24, 2.45) is 0 Å². The second kappa shape index (κ2) is 10.1.